The molecule has 0 spiro atoms. The van der Waals surface area contributed by atoms with Crippen LogP contribution in [0.4, 0.5) is 18.9 Å². The third-order valence-corrected chi connectivity index (χ3v) is 6.20. The number of carbonyl (C=O) groups excluding carboxylic acids is 1. The quantitative estimate of drug-likeness (QED) is 0.714. The number of amides is 1. The largest absolute Gasteiger partial charge is 0.416 e. The SMILES string of the molecule is CN(C)CCNC(=O)[C@@H]1CC[C@@H]2[C@@H](c3ccccc3)Nc3ccc(C(F)(F)F)cc3[C@@H]2O1. The Kier molecular flexibility index (Phi) is 6.44. The summed E-state index contributed by atoms with van der Waals surface area (Å²) in [6, 6.07) is 13.4. The Morgan fingerprint density at radius 1 is 1.16 bits per heavy atom. The third-order valence-electron chi connectivity index (χ3n) is 6.20. The Balaban J connectivity index is 1.63. The maximum Gasteiger partial charge on any atom is 0.416 e. The van der Waals surface area contributed by atoms with Crippen LogP contribution in [0.5, 0.6) is 0 Å². The van der Waals surface area contributed by atoms with Crippen LogP contribution >= 0.6 is 0 Å². The molecule has 2 N–H and O–H groups in total. The molecule has 2 aliphatic rings. The number of fused-ring (bicyclic) bond motifs is 3. The number of nitrogens with zero attached hydrogens (tertiary/aromatic N) is 1. The normalized spacial score (nSPS) is 24.9. The molecule has 1 saturated heterocycles. The molecular weight excluding hydrogens is 419 g/mol. The lowest BCUT2D eigenvalue weighted by atomic mass is 9.76. The van der Waals surface area contributed by atoms with E-state index in [-0.39, 0.29) is 17.9 Å². The Hall–Kier alpha value is -2.58. The first-order chi connectivity index (χ1) is 15.2. The molecule has 0 saturated carbocycles. The molecule has 32 heavy (non-hydrogen) atoms. The molecule has 4 atom stereocenters. The molecule has 0 aromatic heterocycles. The predicted octanol–water partition coefficient (Wildman–Crippen LogP) is 4.39. The Labute approximate surface area is 185 Å². The molecule has 5 nitrogen and oxygen atoms in total. The van der Waals surface area contributed by atoms with Crippen molar-refractivity contribution in [2.75, 3.05) is 32.5 Å². The Bertz CT molecular complexity index is 949. The molecule has 172 valence electrons. The number of nitrogens with one attached hydrogen (secondary N) is 2. The van der Waals surface area contributed by atoms with Gasteiger partial charge in [0.15, 0.2) is 0 Å². The van der Waals surface area contributed by atoms with Crippen LogP contribution in [0.15, 0.2) is 48.5 Å². The standard InChI is InChI=1S/C24H28F3N3O2/c1-30(2)13-12-28-23(31)20-11-9-17-21(15-6-4-3-5-7-15)29-19-10-8-16(24(25,26)27)14-18(19)22(17)32-20/h3-8,10,14,17,20-22,29H,9,11-13H2,1-2H3,(H,28,31)/t17-,20+,21-,22-/m1/s1. The van der Waals surface area contributed by atoms with Crippen molar-refractivity contribution < 1.29 is 22.7 Å². The van der Waals surface area contributed by atoms with Gasteiger partial charge in [-0.05, 0) is 50.7 Å². The second-order valence-corrected chi connectivity index (χ2v) is 8.71. The molecular formula is C24H28F3N3O2. The molecule has 2 aliphatic heterocycles. The molecule has 8 heteroatoms. The van der Waals surface area contributed by atoms with Crippen molar-refractivity contribution in [1.29, 1.82) is 0 Å². The molecule has 4 rings (SSSR count). The van der Waals surface area contributed by atoms with Crippen LogP contribution in [0.3, 0.4) is 0 Å². The number of carbonyl (C=O) groups is 1. The molecule has 2 aromatic carbocycles. The lowest BCUT2D eigenvalue weighted by molar-refractivity contribution is -0.149. The number of hydrogen-bond donors (Lipinski definition) is 2. The molecule has 1 fully saturated rings. The Morgan fingerprint density at radius 3 is 2.59 bits per heavy atom. The first kappa shape index (κ1) is 22.6. The van der Waals surface area contributed by atoms with E-state index < -0.39 is 23.9 Å². The van der Waals surface area contributed by atoms with Gasteiger partial charge in [0.05, 0.1) is 17.7 Å². The maximum atomic E-state index is 13.4. The van der Waals surface area contributed by atoms with Gasteiger partial charge < -0.3 is 20.3 Å². The summed E-state index contributed by atoms with van der Waals surface area (Å²) in [6.45, 7) is 1.19. The number of benzene rings is 2. The average Bonchev–Trinajstić information content (AvgIpc) is 2.77. The number of rotatable bonds is 5. The van der Waals surface area contributed by atoms with Crippen molar-refractivity contribution in [2.24, 2.45) is 5.92 Å². The zero-order chi connectivity index (χ0) is 22.9. The van der Waals surface area contributed by atoms with Gasteiger partial charge in [0.25, 0.3) is 0 Å². The maximum absolute atomic E-state index is 13.4. The summed E-state index contributed by atoms with van der Waals surface area (Å²) < 4.78 is 46.4. The van der Waals surface area contributed by atoms with Gasteiger partial charge in [-0.1, -0.05) is 30.3 Å². The highest BCUT2D eigenvalue weighted by Gasteiger charge is 2.44. The van der Waals surface area contributed by atoms with E-state index in [1.54, 1.807) is 0 Å². The molecule has 1 amide bonds. The number of ether oxygens (including phenoxy) is 1. The van der Waals surface area contributed by atoms with E-state index >= 15 is 0 Å². The monoisotopic (exact) mass is 447 g/mol. The number of halogens is 3. The summed E-state index contributed by atoms with van der Waals surface area (Å²) in [6.07, 6.45) is -4.54. The number of alkyl halides is 3. The minimum atomic E-state index is -4.45. The summed E-state index contributed by atoms with van der Waals surface area (Å²) in [7, 11) is 3.84. The number of likely N-dealkylation sites (N-methyl/N-ethyl adjacent to an activating group) is 1. The van der Waals surface area contributed by atoms with Crippen LogP contribution in [0, 0.1) is 5.92 Å². The van der Waals surface area contributed by atoms with Crippen molar-refractivity contribution >= 4 is 11.6 Å². The van der Waals surface area contributed by atoms with Crippen LogP contribution in [-0.4, -0.2) is 44.1 Å². The van der Waals surface area contributed by atoms with Crippen LogP contribution in [-0.2, 0) is 15.7 Å². The van der Waals surface area contributed by atoms with Gasteiger partial charge in [-0.2, -0.15) is 13.2 Å². The highest BCUT2D eigenvalue weighted by molar-refractivity contribution is 5.81. The lowest BCUT2D eigenvalue weighted by Crippen LogP contribution is -2.46. The minimum Gasteiger partial charge on any atom is -0.378 e. The first-order valence-electron chi connectivity index (χ1n) is 10.8. The van der Waals surface area contributed by atoms with Crippen molar-refractivity contribution in [3.63, 3.8) is 0 Å². The number of hydrogen-bond acceptors (Lipinski definition) is 4. The van der Waals surface area contributed by atoms with E-state index in [0.717, 1.165) is 17.7 Å². The van der Waals surface area contributed by atoms with Gasteiger partial charge in [-0.3, -0.25) is 4.79 Å². The van der Waals surface area contributed by atoms with Gasteiger partial charge in [0.1, 0.15) is 6.10 Å². The van der Waals surface area contributed by atoms with Gasteiger partial charge in [0, 0.05) is 30.3 Å². The fraction of sp³-hybridized carbons (Fsp3) is 0.458. The van der Waals surface area contributed by atoms with E-state index in [1.807, 2.05) is 49.3 Å². The summed E-state index contributed by atoms with van der Waals surface area (Å²) in [5.74, 6) is -0.298. The van der Waals surface area contributed by atoms with Crippen molar-refractivity contribution in [2.45, 2.75) is 37.3 Å². The second kappa shape index (κ2) is 9.11. The highest BCUT2D eigenvalue weighted by Crippen LogP contribution is 2.51. The number of anilines is 1. The van der Waals surface area contributed by atoms with E-state index in [4.69, 9.17) is 4.74 Å². The zero-order valence-corrected chi connectivity index (χ0v) is 18.2. The van der Waals surface area contributed by atoms with Gasteiger partial charge >= 0.3 is 6.18 Å². The zero-order valence-electron chi connectivity index (χ0n) is 18.2. The van der Waals surface area contributed by atoms with Crippen molar-refractivity contribution in [3.05, 3.63) is 65.2 Å². The molecule has 2 aromatic rings. The van der Waals surface area contributed by atoms with Gasteiger partial charge in [0.2, 0.25) is 5.91 Å². The van der Waals surface area contributed by atoms with Crippen LogP contribution < -0.4 is 10.6 Å². The van der Waals surface area contributed by atoms with E-state index in [1.165, 1.54) is 6.07 Å². The third kappa shape index (κ3) is 4.76. The molecule has 2 heterocycles. The summed E-state index contributed by atoms with van der Waals surface area (Å²) in [4.78, 5) is 14.7. The summed E-state index contributed by atoms with van der Waals surface area (Å²) in [5.41, 5.74) is 1.41. The van der Waals surface area contributed by atoms with Gasteiger partial charge in [-0.25, -0.2) is 0 Å². The van der Waals surface area contributed by atoms with E-state index in [2.05, 4.69) is 10.6 Å². The molecule has 0 radical (unpaired) electrons. The van der Waals surface area contributed by atoms with Crippen molar-refractivity contribution in [3.8, 4) is 0 Å². The molecule has 0 aliphatic carbocycles. The highest BCUT2D eigenvalue weighted by atomic mass is 19.4. The molecule has 0 unspecified atom stereocenters. The predicted molar refractivity (Wildman–Crippen MR) is 116 cm³/mol. The van der Waals surface area contributed by atoms with Crippen LogP contribution in [0.1, 0.15) is 41.7 Å². The minimum absolute atomic E-state index is 0.0841. The average molecular weight is 448 g/mol. The molecule has 0 bridgehead atoms. The van der Waals surface area contributed by atoms with Gasteiger partial charge in [-0.15, -0.1) is 0 Å². The summed E-state index contributed by atoms with van der Waals surface area (Å²) >= 11 is 0. The van der Waals surface area contributed by atoms with Crippen LogP contribution in [0.2, 0.25) is 0 Å². The Morgan fingerprint density at radius 2 is 1.91 bits per heavy atom. The van der Waals surface area contributed by atoms with E-state index in [9.17, 15) is 18.0 Å². The lowest BCUT2D eigenvalue weighted by Gasteiger charge is -2.45. The summed E-state index contributed by atoms with van der Waals surface area (Å²) in [5, 5.41) is 6.31. The second-order valence-electron chi connectivity index (χ2n) is 8.71. The smallest absolute Gasteiger partial charge is 0.378 e. The van der Waals surface area contributed by atoms with Crippen molar-refractivity contribution in [1.82, 2.24) is 10.2 Å². The van der Waals surface area contributed by atoms with Crippen LogP contribution in [0.25, 0.3) is 0 Å². The first-order valence-corrected chi connectivity index (χ1v) is 10.8. The fourth-order valence-electron chi connectivity index (χ4n) is 4.57. The fourth-order valence-corrected chi connectivity index (χ4v) is 4.57. The topological polar surface area (TPSA) is 53.6 Å². The van der Waals surface area contributed by atoms with E-state index in [0.29, 0.717) is 37.2 Å².